The first-order valence-corrected chi connectivity index (χ1v) is 12.5. The molecule has 1 aromatic heterocycles. The topological polar surface area (TPSA) is 198 Å². The predicted molar refractivity (Wildman–Crippen MR) is 136 cm³/mol. The Balaban J connectivity index is 1.40. The molecule has 2 saturated heterocycles. The Kier molecular flexibility index (Phi) is 8.10. The summed E-state index contributed by atoms with van der Waals surface area (Å²) in [6, 6.07) is 11.3. The fourth-order valence-electron chi connectivity index (χ4n) is 4.65. The van der Waals surface area contributed by atoms with Crippen molar-refractivity contribution < 1.29 is 58.7 Å². The maximum Gasteiger partial charge on any atom is 0.229 e. The molecule has 13 nitrogen and oxygen atoms in total. The van der Waals surface area contributed by atoms with Gasteiger partial charge in [0.15, 0.2) is 17.8 Å². The highest BCUT2D eigenvalue weighted by Gasteiger charge is 2.53. The summed E-state index contributed by atoms with van der Waals surface area (Å²) in [5.41, 5.74) is -1.10. The van der Waals surface area contributed by atoms with Crippen LogP contribution in [0.3, 0.4) is 0 Å². The van der Waals surface area contributed by atoms with E-state index in [0.29, 0.717) is 16.9 Å². The van der Waals surface area contributed by atoms with Crippen LogP contribution < -0.4 is 14.9 Å². The van der Waals surface area contributed by atoms with Gasteiger partial charge in [0.1, 0.15) is 53.4 Å². The number of ether oxygens (including phenoxy) is 5. The molecule has 0 amide bonds. The van der Waals surface area contributed by atoms with Crippen LogP contribution in [-0.2, 0) is 14.2 Å². The molecule has 40 heavy (non-hydrogen) atoms. The lowest BCUT2D eigenvalue weighted by molar-refractivity contribution is -0.318. The molecule has 2 fully saturated rings. The Bertz CT molecular complexity index is 1380. The smallest absolute Gasteiger partial charge is 0.229 e. The van der Waals surface area contributed by atoms with Gasteiger partial charge in [0, 0.05) is 6.07 Å². The quantitative estimate of drug-likeness (QED) is 0.198. The number of aliphatic hydroxyl groups is 6. The highest BCUT2D eigenvalue weighted by Crippen LogP contribution is 2.33. The van der Waals surface area contributed by atoms with Crippen molar-refractivity contribution in [2.45, 2.75) is 48.7 Å². The van der Waals surface area contributed by atoms with Crippen molar-refractivity contribution in [1.29, 1.82) is 0 Å². The predicted octanol–water partition coefficient (Wildman–Crippen LogP) is -0.888. The van der Waals surface area contributed by atoms with Crippen molar-refractivity contribution in [2.75, 3.05) is 26.9 Å². The summed E-state index contributed by atoms with van der Waals surface area (Å²) in [6.07, 6.45) is -9.29. The second-order valence-corrected chi connectivity index (χ2v) is 9.68. The number of benzene rings is 2. The van der Waals surface area contributed by atoms with E-state index in [4.69, 9.17) is 28.1 Å². The van der Waals surface area contributed by atoms with Crippen LogP contribution in [0.5, 0.6) is 11.5 Å². The van der Waals surface area contributed by atoms with E-state index in [1.54, 1.807) is 31.4 Å². The molecule has 2 aromatic carbocycles. The van der Waals surface area contributed by atoms with Crippen molar-refractivity contribution in [3.8, 4) is 22.6 Å². The van der Waals surface area contributed by atoms with E-state index in [9.17, 15) is 35.4 Å². The summed E-state index contributed by atoms with van der Waals surface area (Å²) in [6.45, 7) is -1.91. The van der Waals surface area contributed by atoms with Gasteiger partial charge < -0.3 is 58.7 Å². The van der Waals surface area contributed by atoms with Crippen molar-refractivity contribution in [3.05, 3.63) is 59.0 Å². The molecule has 0 spiro atoms. The van der Waals surface area contributed by atoms with Crippen molar-refractivity contribution in [2.24, 2.45) is 0 Å². The van der Waals surface area contributed by atoms with Crippen LogP contribution >= 0.6 is 0 Å². The fourth-order valence-corrected chi connectivity index (χ4v) is 4.65. The van der Waals surface area contributed by atoms with E-state index in [-0.39, 0.29) is 22.1 Å². The van der Waals surface area contributed by atoms with E-state index >= 15 is 0 Å². The number of hydrogen-bond donors (Lipinski definition) is 6. The number of aliphatic hydroxyl groups excluding tert-OH is 5. The minimum Gasteiger partial charge on any atom is -0.497 e. The van der Waals surface area contributed by atoms with Gasteiger partial charge in [-0.3, -0.25) is 4.79 Å². The zero-order valence-electron chi connectivity index (χ0n) is 21.3. The van der Waals surface area contributed by atoms with E-state index in [1.165, 1.54) is 24.5 Å². The van der Waals surface area contributed by atoms with Crippen LogP contribution in [0.2, 0.25) is 0 Å². The number of hydrogen-bond acceptors (Lipinski definition) is 13. The first kappa shape index (κ1) is 28.4. The van der Waals surface area contributed by atoms with Gasteiger partial charge >= 0.3 is 0 Å². The molecule has 0 radical (unpaired) electrons. The van der Waals surface area contributed by atoms with Crippen LogP contribution in [0, 0.1) is 0 Å². The van der Waals surface area contributed by atoms with Gasteiger partial charge in [-0.2, -0.15) is 0 Å². The van der Waals surface area contributed by atoms with Crippen LogP contribution in [-0.4, -0.2) is 106 Å². The van der Waals surface area contributed by atoms with Gasteiger partial charge in [-0.15, -0.1) is 0 Å². The third kappa shape index (κ3) is 5.19. The van der Waals surface area contributed by atoms with Crippen LogP contribution in [0.15, 0.2) is 57.9 Å². The second-order valence-electron chi connectivity index (χ2n) is 9.68. The van der Waals surface area contributed by atoms with Crippen LogP contribution in [0.4, 0.5) is 0 Å². The van der Waals surface area contributed by atoms with Gasteiger partial charge in [0.05, 0.1) is 37.9 Å². The maximum absolute atomic E-state index is 13.2. The summed E-state index contributed by atoms with van der Waals surface area (Å²) in [7, 11) is 1.54. The Morgan fingerprint density at radius 1 is 1.00 bits per heavy atom. The second kappa shape index (κ2) is 11.4. The molecule has 3 aromatic rings. The first-order valence-electron chi connectivity index (χ1n) is 12.5. The minimum atomic E-state index is -1.99. The normalized spacial score (nSPS) is 32.3. The first-order chi connectivity index (χ1) is 19.2. The molecule has 0 aliphatic carbocycles. The van der Waals surface area contributed by atoms with Gasteiger partial charge in [-0.1, -0.05) is 12.1 Å². The Labute approximate surface area is 227 Å². The largest absolute Gasteiger partial charge is 0.497 e. The fraction of sp³-hybridized carbons (Fsp3) is 0.444. The summed E-state index contributed by atoms with van der Waals surface area (Å²) in [5.74, 6) is 0.772. The van der Waals surface area contributed by atoms with Crippen molar-refractivity contribution in [1.82, 2.24) is 0 Å². The van der Waals surface area contributed by atoms with Crippen LogP contribution in [0.25, 0.3) is 22.1 Å². The highest BCUT2D eigenvalue weighted by molar-refractivity contribution is 5.82. The zero-order valence-corrected chi connectivity index (χ0v) is 21.3. The summed E-state index contributed by atoms with van der Waals surface area (Å²) in [5, 5.41) is 61.0. The molecule has 3 heterocycles. The lowest BCUT2D eigenvalue weighted by atomic mass is 9.98. The average Bonchev–Trinajstić information content (AvgIpc) is 3.26. The third-order valence-corrected chi connectivity index (χ3v) is 7.09. The summed E-state index contributed by atoms with van der Waals surface area (Å²) >= 11 is 0. The molecule has 2 aliphatic rings. The molecular formula is C27H30O13. The SMILES string of the molecule is COc1ccc(-c2coc3cc(O[C@H]4O[C@@H](CO)[C@H](O)[C@@H](O)[C@@H]4O[C@H]4OC[C@](O)(CO)[C@H]4O)ccc3c2=O)cc1. The molecule has 2 aliphatic heterocycles. The standard InChI is InChI=1S/C27H30O13/c1-35-14-4-2-13(3-5-14)17-10-36-18-8-15(6-7-16(18)20(17)30)38-25-23(22(32)21(31)19(9-28)39-25)40-26-24(33)27(34,11-29)12-37-26/h2-8,10,19,21-26,28-29,31-34H,9,11-12H2,1H3/t19-,21-,22+,23-,24-,25-,26+,27+/m0/s1. The molecule has 6 N–H and O–H groups in total. The zero-order chi connectivity index (χ0) is 28.6. The van der Waals surface area contributed by atoms with Crippen molar-refractivity contribution >= 4 is 11.0 Å². The molecule has 216 valence electrons. The van der Waals surface area contributed by atoms with Gasteiger partial charge in [-0.25, -0.2) is 0 Å². The Morgan fingerprint density at radius 3 is 2.38 bits per heavy atom. The molecular weight excluding hydrogens is 532 g/mol. The molecule has 0 saturated carbocycles. The van der Waals surface area contributed by atoms with E-state index < -0.39 is 68.5 Å². The summed E-state index contributed by atoms with van der Waals surface area (Å²) < 4.78 is 33.3. The minimum absolute atomic E-state index is 0.131. The van der Waals surface area contributed by atoms with Crippen LogP contribution in [0.1, 0.15) is 0 Å². The maximum atomic E-state index is 13.2. The molecule has 8 atom stereocenters. The summed E-state index contributed by atoms with van der Waals surface area (Å²) in [4.78, 5) is 13.2. The van der Waals surface area contributed by atoms with Gasteiger partial charge in [-0.05, 0) is 29.8 Å². The Morgan fingerprint density at radius 2 is 1.73 bits per heavy atom. The number of rotatable bonds is 8. The monoisotopic (exact) mass is 562 g/mol. The van der Waals surface area contributed by atoms with E-state index in [1.807, 2.05) is 0 Å². The molecule has 13 heteroatoms. The number of methoxy groups -OCH3 is 1. The van der Waals surface area contributed by atoms with Gasteiger partial charge in [0.25, 0.3) is 0 Å². The van der Waals surface area contributed by atoms with Crippen molar-refractivity contribution in [3.63, 3.8) is 0 Å². The molecule has 0 bridgehead atoms. The molecule has 5 rings (SSSR count). The average molecular weight is 563 g/mol. The van der Waals surface area contributed by atoms with Gasteiger partial charge in [0.2, 0.25) is 6.29 Å². The number of fused-ring (bicyclic) bond motifs is 1. The van der Waals surface area contributed by atoms with E-state index in [2.05, 4.69) is 0 Å². The highest BCUT2D eigenvalue weighted by atomic mass is 16.8. The third-order valence-electron chi connectivity index (χ3n) is 7.09. The van der Waals surface area contributed by atoms with E-state index in [0.717, 1.165) is 0 Å². The molecule has 0 unspecified atom stereocenters. The lowest BCUT2D eigenvalue weighted by Gasteiger charge is -2.42. The lowest BCUT2D eigenvalue weighted by Crippen LogP contribution is -2.62. The Hall–Kier alpha value is -3.11.